The van der Waals surface area contributed by atoms with Crippen molar-refractivity contribution in [2.75, 3.05) is 22.5 Å². The number of nitrogens with one attached hydrogen (secondary N) is 1. The van der Waals surface area contributed by atoms with Crippen LogP contribution in [0.25, 0.3) is 10.9 Å². The number of hydrogen-bond acceptors (Lipinski definition) is 6. The van der Waals surface area contributed by atoms with E-state index in [1.54, 1.807) is 0 Å². The fourth-order valence-corrected chi connectivity index (χ4v) is 6.30. The average Bonchev–Trinajstić information content (AvgIpc) is 3.09. The van der Waals surface area contributed by atoms with Crippen LogP contribution in [0.1, 0.15) is 30.4 Å². The Morgan fingerprint density at radius 1 is 1.13 bits per heavy atom. The van der Waals surface area contributed by atoms with E-state index in [-0.39, 0.29) is 12.1 Å². The molecule has 0 spiro atoms. The van der Waals surface area contributed by atoms with E-state index in [2.05, 4.69) is 41.4 Å². The number of pyridine rings is 1. The lowest BCUT2D eigenvalue weighted by atomic mass is 10.1. The second-order valence-electron chi connectivity index (χ2n) is 8.79. The monoisotopic (exact) mass is 438 g/mol. The summed E-state index contributed by atoms with van der Waals surface area (Å²) in [7, 11) is -2.81. The normalized spacial score (nSPS) is 23.9. The summed E-state index contributed by atoms with van der Waals surface area (Å²) < 4.78 is 21.4. The first-order valence-corrected chi connectivity index (χ1v) is 12.6. The van der Waals surface area contributed by atoms with Gasteiger partial charge >= 0.3 is 0 Å². The van der Waals surface area contributed by atoms with E-state index in [0.29, 0.717) is 23.7 Å². The van der Waals surface area contributed by atoms with Crippen LogP contribution in [-0.4, -0.2) is 38.5 Å². The van der Waals surface area contributed by atoms with Crippen LogP contribution in [0.3, 0.4) is 0 Å². The number of aromatic nitrogens is 1. The first-order chi connectivity index (χ1) is 14.9. The van der Waals surface area contributed by atoms with E-state index < -0.39 is 10.6 Å². The number of anilines is 2. The lowest BCUT2D eigenvalue weighted by Gasteiger charge is -2.32. The maximum Gasteiger partial charge on any atom is 0.131 e. The molecule has 0 saturated heterocycles. The van der Waals surface area contributed by atoms with Gasteiger partial charge in [0.05, 0.1) is 16.2 Å². The maximum absolute atomic E-state index is 10.7. The molecule has 2 aliphatic rings. The SMILES string of the molecule is Cc1ccc2nc(N3CCS(O)(O)c4ccccc4C3)cc(N[C@H]3CCC[C@@H]3N)c2c1. The van der Waals surface area contributed by atoms with Crippen molar-refractivity contribution in [1.29, 1.82) is 0 Å². The summed E-state index contributed by atoms with van der Waals surface area (Å²) in [6, 6.07) is 16.5. The van der Waals surface area contributed by atoms with Gasteiger partial charge < -0.3 is 16.0 Å². The summed E-state index contributed by atoms with van der Waals surface area (Å²) in [6.45, 7) is 3.22. The number of hydrogen-bond donors (Lipinski definition) is 4. The number of benzene rings is 2. The van der Waals surface area contributed by atoms with Gasteiger partial charge in [-0.2, -0.15) is 10.6 Å². The number of rotatable bonds is 3. The molecule has 2 heterocycles. The van der Waals surface area contributed by atoms with Gasteiger partial charge in [0.25, 0.3) is 0 Å². The maximum atomic E-state index is 10.7. The Hall–Kier alpha value is -2.32. The highest BCUT2D eigenvalue weighted by molar-refractivity contribution is 8.24. The highest BCUT2D eigenvalue weighted by Gasteiger charge is 2.28. The number of aryl methyl sites for hydroxylation is 1. The molecule has 7 heteroatoms. The summed E-state index contributed by atoms with van der Waals surface area (Å²) in [5, 5.41) is 4.81. The Morgan fingerprint density at radius 3 is 2.77 bits per heavy atom. The molecular formula is C24H30N4O2S. The van der Waals surface area contributed by atoms with Gasteiger partial charge in [-0.1, -0.05) is 29.8 Å². The third kappa shape index (κ3) is 3.99. The summed E-state index contributed by atoms with van der Waals surface area (Å²) >= 11 is 0. The quantitative estimate of drug-likeness (QED) is 0.461. The second-order valence-corrected chi connectivity index (χ2v) is 11.0. The van der Waals surface area contributed by atoms with Crippen molar-refractivity contribution < 1.29 is 9.11 Å². The predicted octanol–water partition coefficient (Wildman–Crippen LogP) is 4.96. The molecule has 3 aromatic rings. The van der Waals surface area contributed by atoms with Crippen LogP contribution >= 0.6 is 10.6 Å². The van der Waals surface area contributed by atoms with Gasteiger partial charge in [0.2, 0.25) is 0 Å². The summed E-state index contributed by atoms with van der Waals surface area (Å²) in [5.41, 5.74) is 10.5. The number of fused-ring (bicyclic) bond motifs is 2. The molecule has 1 aliphatic carbocycles. The smallest absolute Gasteiger partial charge is 0.131 e. The van der Waals surface area contributed by atoms with Crippen LogP contribution in [0.5, 0.6) is 0 Å². The van der Waals surface area contributed by atoms with Crippen molar-refractivity contribution in [2.45, 2.75) is 49.7 Å². The van der Waals surface area contributed by atoms with E-state index in [4.69, 9.17) is 10.7 Å². The standard InChI is InChI=1S/C24H30N4O2S/c1-16-9-10-20-18(13-16)22(26-21-7-4-6-19(21)25)14-24(27-20)28-11-12-31(29,30)23-8-3-2-5-17(23)15-28/h2-3,5,8-10,13-14,19,21,29-30H,4,6-7,11-12,15,25H2,1H3,(H,26,27)/t19-,21-/m0/s1. The van der Waals surface area contributed by atoms with E-state index in [1.165, 1.54) is 5.56 Å². The van der Waals surface area contributed by atoms with Crippen LogP contribution < -0.4 is 16.0 Å². The van der Waals surface area contributed by atoms with Crippen LogP contribution in [0, 0.1) is 6.92 Å². The van der Waals surface area contributed by atoms with Crippen LogP contribution in [0.15, 0.2) is 53.4 Å². The van der Waals surface area contributed by atoms with Gasteiger partial charge in [-0.3, -0.25) is 9.11 Å². The zero-order chi connectivity index (χ0) is 21.6. The third-order valence-electron chi connectivity index (χ3n) is 6.52. The van der Waals surface area contributed by atoms with Crippen LogP contribution in [-0.2, 0) is 6.54 Å². The molecule has 1 aliphatic heterocycles. The van der Waals surface area contributed by atoms with E-state index in [0.717, 1.165) is 47.2 Å². The number of nitrogens with zero attached hydrogens (tertiary/aromatic N) is 2. The zero-order valence-electron chi connectivity index (χ0n) is 17.8. The van der Waals surface area contributed by atoms with Crippen molar-refractivity contribution in [3.8, 4) is 0 Å². The highest BCUT2D eigenvalue weighted by Crippen LogP contribution is 2.51. The highest BCUT2D eigenvalue weighted by atomic mass is 32.3. The topological polar surface area (TPSA) is 94.6 Å². The Morgan fingerprint density at radius 2 is 1.97 bits per heavy atom. The Bertz CT molecular complexity index is 1120. The molecule has 164 valence electrons. The van der Waals surface area contributed by atoms with Crippen molar-refractivity contribution in [3.05, 3.63) is 59.7 Å². The Labute approximate surface area is 184 Å². The van der Waals surface area contributed by atoms with E-state index in [1.807, 2.05) is 24.3 Å². The van der Waals surface area contributed by atoms with Gasteiger partial charge in [0, 0.05) is 42.3 Å². The molecule has 31 heavy (non-hydrogen) atoms. The van der Waals surface area contributed by atoms with Gasteiger partial charge in [0.15, 0.2) is 0 Å². The lowest BCUT2D eigenvalue weighted by molar-refractivity contribution is 0.488. The Kier molecular flexibility index (Phi) is 5.30. The van der Waals surface area contributed by atoms with E-state index in [9.17, 15) is 9.11 Å². The summed E-state index contributed by atoms with van der Waals surface area (Å²) in [6.07, 6.45) is 3.27. The molecule has 5 N–H and O–H groups in total. The van der Waals surface area contributed by atoms with Gasteiger partial charge in [-0.15, -0.1) is 0 Å². The molecule has 1 aromatic heterocycles. The molecule has 0 unspecified atom stereocenters. The van der Waals surface area contributed by atoms with Gasteiger partial charge in [-0.25, -0.2) is 4.98 Å². The summed E-state index contributed by atoms with van der Waals surface area (Å²) in [4.78, 5) is 7.77. The molecule has 6 nitrogen and oxygen atoms in total. The molecule has 5 rings (SSSR count). The molecule has 0 bridgehead atoms. The van der Waals surface area contributed by atoms with Gasteiger partial charge in [0.1, 0.15) is 5.82 Å². The van der Waals surface area contributed by atoms with Crippen LogP contribution in [0.2, 0.25) is 0 Å². The van der Waals surface area contributed by atoms with Crippen molar-refractivity contribution in [3.63, 3.8) is 0 Å². The minimum atomic E-state index is -2.81. The minimum absolute atomic E-state index is 0.162. The molecule has 2 atom stereocenters. The number of nitrogens with two attached hydrogens (primary N) is 1. The third-order valence-corrected chi connectivity index (χ3v) is 8.37. The molecule has 1 fully saturated rings. The van der Waals surface area contributed by atoms with Crippen molar-refractivity contribution >= 4 is 33.0 Å². The molecule has 2 aromatic carbocycles. The molecule has 0 radical (unpaired) electrons. The second kappa shape index (κ2) is 7.98. The average molecular weight is 439 g/mol. The first-order valence-electron chi connectivity index (χ1n) is 10.9. The van der Waals surface area contributed by atoms with Gasteiger partial charge in [-0.05, 0) is 49.9 Å². The molecule has 1 saturated carbocycles. The molecule has 0 amide bonds. The largest absolute Gasteiger partial charge is 0.380 e. The first kappa shape index (κ1) is 20.6. The van der Waals surface area contributed by atoms with Crippen LogP contribution in [0.4, 0.5) is 11.5 Å². The van der Waals surface area contributed by atoms with Crippen molar-refractivity contribution in [1.82, 2.24) is 4.98 Å². The van der Waals surface area contributed by atoms with Crippen molar-refractivity contribution in [2.24, 2.45) is 5.73 Å². The summed E-state index contributed by atoms with van der Waals surface area (Å²) in [5.74, 6) is 1.14. The zero-order valence-corrected chi connectivity index (χ0v) is 18.6. The predicted molar refractivity (Wildman–Crippen MR) is 129 cm³/mol. The Balaban J connectivity index is 1.56. The fourth-order valence-electron chi connectivity index (χ4n) is 4.76. The molecular weight excluding hydrogens is 408 g/mol. The minimum Gasteiger partial charge on any atom is -0.380 e. The lowest BCUT2D eigenvalue weighted by Crippen LogP contribution is -2.35. The van der Waals surface area contributed by atoms with E-state index >= 15 is 0 Å². The fraction of sp³-hybridized carbons (Fsp3) is 0.375.